The van der Waals surface area contributed by atoms with Crippen LogP contribution in [0, 0.1) is 13.8 Å². The van der Waals surface area contributed by atoms with Crippen LogP contribution in [0.2, 0.25) is 0 Å². The molecule has 0 saturated heterocycles. The first-order valence-corrected chi connectivity index (χ1v) is 5.65. The van der Waals surface area contributed by atoms with Crippen LogP contribution in [-0.4, -0.2) is 10.9 Å². The predicted molar refractivity (Wildman–Crippen MR) is 65.1 cm³/mol. The number of carbonyl (C=O) groups is 1. The van der Waals surface area contributed by atoms with Crippen LogP contribution in [0.3, 0.4) is 0 Å². The Morgan fingerprint density at radius 1 is 1.38 bits per heavy atom. The number of carbonyl (C=O) groups excluding carboxylic acids is 1. The van der Waals surface area contributed by atoms with E-state index in [4.69, 9.17) is 4.42 Å². The fourth-order valence-corrected chi connectivity index (χ4v) is 2.24. The Balaban J connectivity index is 2.92. The van der Waals surface area contributed by atoms with Crippen molar-refractivity contribution in [3.05, 3.63) is 27.4 Å². The van der Waals surface area contributed by atoms with Gasteiger partial charge in [0.15, 0.2) is 11.5 Å². The first-order chi connectivity index (χ1) is 7.43. The lowest BCUT2D eigenvalue weighted by Gasteiger charge is -2.06. The van der Waals surface area contributed by atoms with Gasteiger partial charge in [0.2, 0.25) is 0 Å². The van der Waals surface area contributed by atoms with Crippen molar-refractivity contribution in [2.45, 2.75) is 20.8 Å². The third-order valence-corrected chi connectivity index (χ3v) is 3.58. The zero-order valence-corrected chi connectivity index (χ0v) is 10.8. The van der Waals surface area contributed by atoms with Gasteiger partial charge in [0.1, 0.15) is 11.3 Å². The highest BCUT2D eigenvalue weighted by molar-refractivity contribution is 9.10. The summed E-state index contributed by atoms with van der Waals surface area (Å²) in [6, 6.07) is 1.65. The number of phenolic OH excluding ortho intramolecular Hbond substituents is 1. The third kappa shape index (κ3) is 1.45. The summed E-state index contributed by atoms with van der Waals surface area (Å²) in [7, 11) is 0. The molecule has 0 atom stereocenters. The monoisotopic (exact) mass is 282 g/mol. The molecule has 0 radical (unpaired) electrons. The van der Waals surface area contributed by atoms with E-state index in [2.05, 4.69) is 15.9 Å². The minimum Gasteiger partial charge on any atom is -0.506 e. The van der Waals surface area contributed by atoms with Gasteiger partial charge in [0.25, 0.3) is 0 Å². The van der Waals surface area contributed by atoms with E-state index in [1.165, 1.54) is 6.92 Å². The maximum absolute atomic E-state index is 11.2. The normalized spacial score (nSPS) is 11.0. The lowest BCUT2D eigenvalue weighted by molar-refractivity contribution is 0.0989. The van der Waals surface area contributed by atoms with E-state index in [1.54, 1.807) is 6.07 Å². The van der Waals surface area contributed by atoms with Gasteiger partial charge in [0.05, 0.1) is 4.47 Å². The minimum atomic E-state index is -0.125. The molecular formula is C12H11BrO3. The van der Waals surface area contributed by atoms with Crippen molar-refractivity contribution < 1.29 is 14.3 Å². The Morgan fingerprint density at radius 3 is 2.56 bits per heavy atom. The maximum Gasteiger partial charge on any atom is 0.194 e. The Hall–Kier alpha value is -1.29. The molecule has 0 unspecified atom stereocenters. The average Bonchev–Trinajstić information content (AvgIpc) is 2.68. The van der Waals surface area contributed by atoms with E-state index in [0.717, 1.165) is 16.5 Å². The summed E-state index contributed by atoms with van der Waals surface area (Å²) in [5.41, 5.74) is 2.25. The highest BCUT2D eigenvalue weighted by Crippen LogP contribution is 2.39. The molecule has 0 amide bonds. The number of hydrogen-bond donors (Lipinski definition) is 1. The molecule has 2 rings (SSSR count). The molecule has 1 heterocycles. The van der Waals surface area contributed by atoms with Crippen LogP contribution in [0.4, 0.5) is 0 Å². The number of aromatic hydroxyl groups is 1. The molecule has 0 fully saturated rings. The highest BCUT2D eigenvalue weighted by Gasteiger charge is 2.17. The van der Waals surface area contributed by atoms with Crippen LogP contribution < -0.4 is 0 Å². The smallest absolute Gasteiger partial charge is 0.194 e. The third-order valence-electron chi connectivity index (χ3n) is 2.78. The summed E-state index contributed by atoms with van der Waals surface area (Å²) in [6.45, 7) is 5.12. The molecule has 3 nitrogen and oxygen atoms in total. The number of halogens is 1. The highest BCUT2D eigenvalue weighted by atomic mass is 79.9. The van der Waals surface area contributed by atoms with Crippen molar-refractivity contribution in [2.75, 3.05) is 0 Å². The number of ketones is 1. The number of furan rings is 1. The molecule has 84 valence electrons. The molecule has 1 aromatic heterocycles. The average molecular weight is 283 g/mol. The summed E-state index contributed by atoms with van der Waals surface area (Å²) in [4.78, 5) is 11.2. The van der Waals surface area contributed by atoms with Gasteiger partial charge < -0.3 is 9.52 Å². The summed E-state index contributed by atoms with van der Waals surface area (Å²) in [5.74, 6) is 0.379. The second-order valence-electron chi connectivity index (χ2n) is 3.82. The lowest BCUT2D eigenvalue weighted by atomic mass is 10.1. The second kappa shape index (κ2) is 3.63. The SMILES string of the molecule is CC(=O)c1cc2c(Br)c(O)c(C)c(C)c2o1. The number of benzene rings is 1. The number of Topliss-reactive ketones (excluding diaryl/α,β-unsaturated/α-hetero) is 1. The van der Waals surface area contributed by atoms with Gasteiger partial charge >= 0.3 is 0 Å². The first-order valence-electron chi connectivity index (χ1n) is 4.85. The van der Waals surface area contributed by atoms with Gasteiger partial charge in [-0.05, 0) is 47.0 Å². The molecule has 16 heavy (non-hydrogen) atoms. The maximum atomic E-state index is 11.2. The molecular weight excluding hydrogens is 272 g/mol. The van der Waals surface area contributed by atoms with Gasteiger partial charge in [0, 0.05) is 12.3 Å². The van der Waals surface area contributed by atoms with E-state index in [0.29, 0.717) is 15.8 Å². The van der Waals surface area contributed by atoms with Crippen LogP contribution in [0.1, 0.15) is 28.6 Å². The molecule has 0 spiro atoms. The largest absolute Gasteiger partial charge is 0.506 e. The number of rotatable bonds is 1. The van der Waals surface area contributed by atoms with Gasteiger partial charge in [-0.25, -0.2) is 0 Å². The Kier molecular flexibility index (Phi) is 2.54. The molecule has 4 heteroatoms. The summed E-state index contributed by atoms with van der Waals surface area (Å²) < 4.78 is 6.06. The molecule has 0 saturated carbocycles. The molecule has 0 aliphatic carbocycles. The number of aryl methyl sites for hydroxylation is 1. The standard InChI is InChI=1S/C12H11BrO3/c1-5-6(2)12-8(10(13)11(5)15)4-9(16-12)7(3)14/h4,15H,1-3H3. The summed E-state index contributed by atoms with van der Waals surface area (Å²) in [6.07, 6.45) is 0. The number of hydrogen-bond acceptors (Lipinski definition) is 3. The van der Waals surface area contributed by atoms with Crippen LogP contribution >= 0.6 is 15.9 Å². The number of fused-ring (bicyclic) bond motifs is 1. The van der Waals surface area contributed by atoms with E-state index in [-0.39, 0.29) is 11.5 Å². The van der Waals surface area contributed by atoms with Crippen molar-refractivity contribution in [2.24, 2.45) is 0 Å². The first kappa shape index (κ1) is 11.2. The molecule has 1 N–H and O–H groups in total. The fraction of sp³-hybridized carbons (Fsp3) is 0.250. The van der Waals surface area contributed by atoms with Crippen LogP contribution in [-0.2, 0) is 0 Å². The topological polar surface area (TPSA) is 50.4 Å². The van der Waals surface area contributed by atoms with Crippen molar-refractivity contribution in [1.29, 1.82) is 0 Å². The fourth-order valence-electron chi connectivity index (χ4n) is 1.65. The summed E-state index contributed by atoms with van der Waals surface area (Å²) in [5, 5.41) is 10.6. The molecule has 1 aromatic carbocycles. The summed E-state index contributed by atoms with van der Waals surface area (Å²) >= 11 is 3.31. The molecule has 0 bridgehead atoms. The van der Waals surface area contributed by atoms with E-state index < -0.39 is 0 Å². The molecule has 2 aromatic rings. The zero-order chi connectivity index (χ0) is 12.0. The van der Waals surface area contributed by atoms with Crippen LogP contribution in [0.15, 0.2) is 15.0 Å². The van der Waals surface area contributed by atoms with Gasteiger partial charge in [-0.15, -0.1) is 0 Å². The van der Waals surface area contributed by atoms with Crippen molar-refractivity contribution in [1.82, 2.24) is 0 Å². The minimum absolute atomic E-state index is 0.125. The number of phenols is 1. The van der Waals surface area contributed by atoms with Crippen molar-refractivity contribution in [3.8, 4) is 5.75 Å². The van der Waals surface area contributed by atoms with E-state index >= 15 is 0 Å². The van der Waals surface area contributed by atoms with Gasteiger partial charge in [-0.3, -0.25) is 4.79 Å². The second-order valence-corrected chi connectivity index (χ2v) is 4.62. The Bertz CT molecular complexity index is 551. The van der Waals surface area contributed by atoms with E-state index in [9.17, 15) is 9.90 Å². The van der Waals surface area contributed by atoms with E-state index in [1.807, 2.05) is 13.8 Å². The van der Waals surface area contributed by atoms with Gasteiger partial charge in [-0.1, -0.05) is 0 Å². The lowest BCUT2D eigenvalue weighted by Crippen LogP contribution is -1.85. The van der Waals surface area contributed by atoms with Crippen LogP contribution in [0.25, 0.3) is 11.0 Å². The van der Waals surface area contributed by atoms with Crippen molar-refractivity contribution in [3.63, 3.8) is 0 Å². The molecule has 0 aliphatic heterocycles. The van der Waals surface area contributed by atoms with Crippen LogP contribution in [0.5, 0.6) is 5.75 Å². The zero-order valence-electron chi connectivity index (χ0n) is 9.22. The van der Waals surface area contributed by atoms with Gasteiger partial charge in [-0.2, -0.15) is 0 Å². The quantitative estimate of drug-likeness (QED) is 0.811. The Labute approximate surface area is 101 Å². The predicted octanol–water partition coefficient (Wildman–Crippen LogP) is 3.72. The van der Waals surface area contributed by atoms with Crippen molar-refractivity contribution >= 4 is 32.7 Å². The Morgan fingerprint density at radius 2 is 2.00 bits per heavy atom. The molecule has 0 aliphatic rings.